The summed E-state index contributed by atoms with van der Waals surface area (Å²) in [6.07, 6.45) is 7.28. The molecule has 168 valence electrons. The Morgan fingerprint density at radius 3 is 2.68 bits per heavy atom. The van der Waals surface area contributed by atoms with Crippen LogP contribution in [0.3, 0.4) is 0 Å². The standard InChI is InChI=1S/C25H20FN7S/c1-33(2)13-14-7-15(11-27-10-14)16-8-18-23(31-32-25(18)29-12-16)20-9-17-19(30-20)5-6-28-24(17)21-3-4-22(26)34-21/h3-12,30H,13H2,1-2H3,(H,29,31,32). The van der Waals surface area contributed by atoms with Crippen molar-refractivity contribution in [2.75, 3.05) is 14.1 Å². The molecule has 0 atom stereocenters. The van der Waals surface area contributed by atoms with E-state index >= 15 is 0 Å². The maximum atomic E-state index is 13.6. The predicted octanol–water partition coefficient (Wildman–Crippen LogP) is 5.49. The highest BCUT2D eigenvalue weighted by atomic mass is 32.1. The Morgan fingerprint density at radius 1 is 0.971 bits per heavy atom. The van der Waals surface area contributed by atoms with Gasteiger partial charge in [0.1, 0.15) is 0 Å². The predicted molar refractivity (Wildman–Crippen MR) is 133 cm³/mol. The zero-order valence-corrected chi connectivity index (χ0v) is 19.3. The fourth-order valence-electron chi connectivity index (χ4n) is 4.19. The summed E-state index contributed by atoms with van der Waals surface area (Å²) in [4.78, 5) is 19.8. The molecule has 0 radical (unpaired) electrons. The van der Waals surface area contributed by atoms with Gasteiger partial charge < -0.3 is 9.88 Å². The minimum atomic E-state index is -0.230. The lowest BCUT2D eigenvalue weighted by molar-refractivity contribution is 0.402. The zero-order chi connectivity index (χ0) is 23.2. The van der Waals surface area contributed by atoms with Gasteiger partial charge in [0, 0.05) is 58.7 Å². The van der Waals surface area contributed by atoms with Gasteiger partial charge in [0.25, 0.3) is 0 Å². The van der Waals surface area contributed by atoms with Gasteiger partial charge in [0.15, 0.2) is 10.8 Å². The van der Waals surface area contributed by atoms with Gasteiger partial charge in [-0.1, -0.05) is 0 Å². The normalized spacial score (nSPS) is 11.8. The molecule has 0 saturated heterocycles. The molecule has 6 rings (SSSR count). The summed E-state index contributed by atoms with van der Waals surface area (Å²) in [7, 11) is 4.07. The minimum absolute atomic E-state index is 0.230. The summed E-state index contributed by atoms with van der Waals surface area (Å²) in [5.74, 6) is 0. The Balaban J connectivity index is 1.45. The minimum Gasteiger partial charge on any atom is -0.353 e. The van der Waals surface area contributed by atoms with E-state index in [0.29, 0.717) is 5.65 Å². The largest absolute Gasteiger partial charge is 0.353 e. The number of H-pyrrole nitrogens is 2. The van der Waals surface area contributed by atoms with E-state index in [4.69, 9.17) is 0 Å². The first-order chi connectivity index (χ1) is 16.5. The first kappa shape index (κ1) is 20.6. The molecule has 0 spiro atoms. The molecule has 9 heteroatoms. The zero-order valence-electron chi connectivity index (χ0n) is 18.5. The van der Waals surface area contributed by atoms with Crippen molar-refractivity contribution < 1.29 is 4.39 Å². The number of rotatable bonds is 5. The lowest BCUT2D eigenvalue weighted by Gasteiger charge is -2.10. The van der Waals surface area contributed by atoms with Crippen LogP contribution < -0.4 is 0 Å². The van der Waals surface area contributed by atoms with E-state index in [1.165, 1.54) is 6.07 Å². The van der Waals surface area contributed by atoms with Crippen LogP contribution in [-0.4, -0.2) is 49.1 Å². The third-order valence-electron chi connectivity index (χ3n) is 5.66. The molecular weight excluding hydrogens is 449 g/mol. The maximum Gasteiger partial charge on any atom is 0.181 e. The van der Waals surface area contributed by atoms with Crippen molar-refractivity contribution in [1.29, 1.82) is 0 Å². The number of hydrogen-bond acceptors (Lipinski definition) is 6. The van der Waals surface area contributed by atoms with Gasteiger partial charge in [0.2, 0.25) is 0 Å². The number of fused-ring (bicyclic) bond motifs is 2. The topological polar surface area (TPSA) is 86.4 Å². The molecule has 0 fully saturated rings. The monoisotopic (exact) mass is 469 g/mol. The van der Waals surface area contributed by atoms with Gasteiger partial charge in [-0.15, -0.1) is 11.3 Å². The van der Waals surface area contributed by atoms with Gasteiger partial charge in [-0.25, -0.2) is 4.98 Å². The summed E-state index contributed by atoms with van der Waals surface area (Å²) in [5.41, 5.74) is 7.11. The van der Waals surface area contributed by atoms with Crippen LogP contribution in [0, 0.1) is 5.13 Å². The first-order valence-corrected chi connectivity index (χ1v) is 11.5. The number of thiophene rings is 1. The summed E-state index contributed by atoms with van der Waals surface area (Å²) in [6.45, 7) is 0.813. The quantitative estimate of drug-likeness (QED) is 0.349. The Morgan fingerprint density at radius 2 is 1.85 bits per heavy atom. The van der Waals surface area contributed by atoms with Crippen LogP contribution in [0.25, 0.3) is 55.0 Å². The Hall–Kier alpha value is -3.95. The van der Waals surface area contributed by atoms with Crippen molar-refractivity contribution in [3.63, 3.8) is 0 Å². The van der Waals surface area contributed by atoms with Gasteiger partial charge in [-0.05, 0) is 56.1 Å². The van der Waals surface area contributed by atoms with E-state index in [0.717, 1.165) is 72.8 Å². The molecule has 0 aliphatic heterocycles. The summed E-state index contributed by atoms with van der Waals surface area (Å²) < 4.78 is 13.6. The fourth-order valence-corrected chi connectivity index (χ4v) is 4.93. The molecule has 6 aromatic heterocycles. The van der Waals surface area contributed by atoms with E-state index in [1.54, 1.807) is 12.3 Å². The summed E-state index contributed by atoms with van der Waals surface area (Å²) in [5, 5.41) is 9.12. The molecule has 0 saturated carbocycles. The van der Waals surface area contributed by atoms with E-state index in [-0.39, 0.29) is 5.13 Å². The van der Waals surface area contributed by atoms with Crippen molar-refractivity contribution in [1.82, 2.24) is 35.0 Å². The van der Waals surface area contributed by atoms with Crippen molar-refractivity contribution in [3.8, 4) is 33.1 Å². The average molecular weight is 470 g/mol. The Kier molecular flexibility index (Phi) is 4.93. The van der Waals surface area contributed by atoms with E-state index in [2.05, 4.69) is 47.2 Å². The second kappa shape index (κ2) is 8.12. The summed E-state index contributed by atoms with van der Waals surface area (Å²) >= 11 is 1.09. The van der Waals surface area contributed by atoms with E-state index in [9.17, 15) is 4.39 Å². The number of pyridine rings is 3. The van der Waals surface area contributed by atoms with Gasteiger partial charge in [-0.2, -0.15) is 9.49 Å². The van der Waals surface area contributed by atoms with E-state index in [1.807, 2.05) is 44.8 Å². The van der Waals surface area contributed by atoms with Crippen LogP contribution in [0.5, 0.6) is 0 Å². The molecule has 0 bridgehead atoms. The first-order valence-electron chi connectivity index (χ1n) is 10.7. The molecule has 0 amide bonds. The smallest absolute Gasteiger partial charge is 0.181 e. The number of aromatic nitrogens is 6. The van der Waals surface area contributed by atoms with Crippen molar-refractivity contribution >= 4 is 33.3 Å². The van der Waals surface area contributed by atoms with Crippen LogP contribution in [-0.2, 0) is 6.54 Å². The van der Waals surface area contributed by atoms with Crippen LogP contribution in [0.15, 0.2) is 61.2 Å². The highest BCUT2D eigenvalue weighted by Gasteiger charge is 2.16. The SMILES string of the molecule is CN(C)Cc1cncc(-c2cnc3n[nH]c(-c4cc5c(-c6ccc(F)s6)nccc5[nH]4)c3c2)c1. The molecule has 0 unspecified atom stereocenters. The second-order valence-electron chi connectivity index (χ2n) is 8.42. The van der Waals surface area contributed by atoms with E-state index < -0.39 is 0 Å². The number of aromatic amines is 2. The number of nitrogens with zero attached hydrogens (tertiary/aromatic N) is 5. The van der Waals surface area contributed by atoms with Crippen LogP contribution in [0.2, 0.25) is 0 Å². The highest BCUT2D eigenvalue weighted by molar-refractivity contribution is 7.13. The Labute approximate surface area is 198 Å². The Bertz CT molecular complexity index is 1650. The van der Waals surface area contributed by atoms with Crippen LogP contribution >= 0.6 is 11.3 Å². The van der Waals surface area contributed by atoms with Gasteiger partial charge >= 0.3 is 0 Å². The lowest BCUT2D eigenvalue weighted by Crippen LogP contribution is -2.10. The molecule has 0 aromatic carbocycles. The van der Waals surface area contributed by atoms with Crippen molar-refractivity contribution in [2.24, 2.45) is 0 Å². The molecule has 7 nitrogen and oxygen atoms in total. The molecule has 0 aliphatic rings. The number of nitrogens with one attached hydrogen (secondary N) is 2. The molecule has 6 aromatic rings. The molecule has 34 heavy (non-hydrogen) atoms. The molecule has 0 aliphatic carbocycles. The van der Waals surface area contributed by atoms with Crippen molar-refractivity contribution in [2.45, 2.75) is 6.54 Å². The number of halogens is 1. The molecule has 2 N–H and O–H groups in total. The third kappa shape index (κ3) is 3.64. The van der Waals surface area contributed by atoms with Crippen molar-refractivity contribution in [3.05, 3.63) is 71.9 Å². The number of hydrogen-bond donors (Lipinski definition) is 2. The molecular formula is C25H20FN7S. The van der Waals surface area contributed by atoms with Crippen LogP contribution in [0.1, 0.15) is 5.56 Å². The second-order valence-corrected chi connectivity index (χ2v) is 9.45. The third-order valence-corrected chi connectivity index (χ3v) is 6.54. The van der Waals surface area contributed by atoms with Crippen LogP contribution in [0.4, 0.5) is 4.39 Å². The average Bonchev–Trinajstić information content (AvgIpc) is 3.55. The fraction of sp³-hybridized carbons (Fsp3) is 0.120. The summed E-state index contributed by atoms with van der Waals surface area (Å²) in [6, 6.07) is 11.4. The maximum absolute atomic E-state index is 13.6. The van der Waals surface area contributed by atoms with Gasteiger partial charge in [0.05, 0.1) is 22.0 Å². The lowest BCUT2D eigenvalue weighted by atomic mass is 10.1. The van der Waals surface area contributed by atoms with Gasteiger partial charge in [-0.3, -0.25) is 15.1 Å². The molecule has 6 heterocycles. The highest BCUT2D eigenvalue weighted by Crippen LogP contribution is 2.35.